The van der Waals surface area contributed by atoms with Gasteiger partial charge in [-0.2, -0.15) is 0 Å². The van der Waals surface area contributed by atoms with Crippen LogP contribution in [-0.2, 0) is 5.41 Å². The predicted octanol–water partition coefficient (Wildman–Crippen LogP) is 17.1. The summed E-state index contributed by atoms with van der Waals surface area (Å²) in [5.74, 6) is 0. The summed E-state index contributed by atoms with van der Waals surface area (Å²) in [6.45, 7) is 0. The lowest BCUT2D eigenvalue weighted by Gasteiger charge is -2.35. The lowest BCUT2D eigenvalue weighted by molar-refractivity contribution is 0.768. The molecule has 0 saturated heterocycles. The molecule has 0 atom stereocenters. The second kappa shape index (κ2) is 15.8. The molecule has 11 aromatic carbocycles. The number of aromatic nitrogens is 1. The number of hydrogen-bond donors (Lipinski definition) is 0. The minimum Gasteiger partial charge on any atom is -0.310 e. The molecule has 0 saturated carbocycles. The number of para-hydroxylation sites is 1. The highest BCUT2D eigenvalue weighted by molar-refractivity contribution is 6.21. The molecule has 1 aromatic heterocycles. The first-order valence-corrected chi connectivity index (χ1v) is 23.2. The topological polar surface area (TPSA) is 8.17 Å². The standard InChI is InChI=1S/C65H44N2/c1-4-16-45(17-5-1)46-28-35-52(36-29-46)66(55-41-42-58-57-24-12-14-26-60(57)65(61(58)44-55,50-19-6-2-7-20-50)51-21-8-3-9-22-51)53-37-30-47(31-38-53)48-32-39-54(40-33-48)67-62-27-15-13-25-59(62)64-56-23-11-10-18-49(56)34-43-63(64)67/h1-44H. The van der Waals surface area contributed by atoms with Crippen LogP contribution in [0.1, 0.15) is 22.3 Å². The Morgan fingerprint density at radius 2 is 0.806 bits per heavy atom. The van der Waals surface area contributed by atoms with Crippen molar-refractivity contribution < 1.29 is 0 Å². The maximum atomic E-state index is 2.45. The zero-order valence-electron chi connectivity index (χ0n) is 36.8. The van der Waals surface area contributed by atoms with Crippen molar-refractivity contribution >= 4 is 49.6 Å². The monoisotopic (exact) mass is 852 g/mol. The molecule has 1 aliphatic rings. The van der Waals surface area contributed by atoms with Gasteiger partial charge in [-0.05, 0) is 127 Å². The molecular weight excluding hydrogens is 809 g/mol. The van der Waals surface area contributed by atoms with Gasteiger partial charge in [0.1, 0.15) is 0 Å². The summed E-state index contributed by atoms with van der Waals surface area (Å²) >= 11 is 0. The second-order valence-corrected chi connectivity index (χ2v) is 17.6. The molecule has 0 spiro atoms. The quantitative estimate of drug-likeness (QED) is 0.148. The molecule has 2 heteroatoms. The summed E-state index contributed by atoms with van der Waals surface area (Å²) in [6, 6.07) is 97.9. The van der Waals surface area contributed by atoms with E-state index >= 15 is 0 Å². The summed E-state index contributed by atoms with van der Waals surface area (Å²) in [7, 11) is 0. The highest BCUT2D eigenvalue weighted by Gasteiger charge is 2.46. The van der Waals surface area contributed by atoms with Crippen LogP contribution < -0.4 is 4.90 Å². The molecule has 67 heavy (non-hydrogen) atoms. The fourth-order valence-corrected chi connectivity index (χ4v) is 11.1. The van der Waals surface area contributed by atoms with E-state index in [9.17, 15) is 0 Å². The first kappa shape index (κ1) is 38.7. The Morgan fingerprint density at radius 3 is 1.46 bits per heavy atom. The van der Waals surface area contributed by atoms with Crippen LogP contribution in [0.2, 0.25) is 0 Å². The molecule has 0 N–H and O–H groups in total. The summed E-state index contributed by atoms with van der Waals surface area (Å²) in [5, 5.41) is 5.11. The van der Waals surface area contributed by atoms with Gasteiger partial charge in [-0.1, -0.05) is 206 Å². The zero-order valence-corrected chi connectivity index (χ0v) is 36.8. The maximum absolute atomic E-state index is 2.45. The van der Waals surface area contributed by atoms with Gasteiger partial charge in [-0.25, -0.2) is 0 Å². The summed E-state index contributed by atoms with van der Waals surface area (Å²) in [4.78, 5) is 2.41. The number of nitrogens with zero attached hydrogens (tertiary/aromatic N) is 2. The van der Waals surface area contributed by atoms with Gasteiger partial charge in [0.2, 0.25) is 0 Å². The van der Waals surface area contributed by atoms with Crippen LogP contribution in [0.4, 0.5) is 17.1 Å². The predicted molar refractivity (Wildman–Crippen MR) is 281 cm³/mol. The normalized spacial score (nSPS) is 12.6. The van der Waals surface area contributed by atoms with Crippen molar-refractivity contribution in [2.24, 2.45) is 0 Å². The van der Waals surface area contributed by atoms with Crippen molar-refractivity contribution in [2.75, 3.05) is 4.90 Å². The SMILES string of the molecule is c1ccc(-c2ccc(N(c3ccc(-c4ccc(-n5c6ccccc6c6c7ccccc7ccc65)cc4)cc3)c3ccc4c(c3)C(c3ccccc3)(c3ccccc3)c3ccccc3-4)cc2)cc1. The number of fused-ring (bicyclic) bond motifs is 8. The van der Waals surface area contributed by atoms with E-state index < -0.39 is 5.41 Å². The Kier molecular flexibility index (Phi) is 9.11. The highest BCUT2D eigenvalue weighted by Crippen LogP contribution is 2.57. The second-order valence-electron chi connectivity index (χ2n) is 17.6. The van der Waals surface area contributed by atoms with E-state index in [0.717, 1.165) is 22.7 Å². The van der Waals surface area contributed by atoms with Gasteiger partial charge < -0.3 is 9.47 Å². The van der Waals surface area contributed by atoms with Crippen molar-refractivity contribution in [1.29, 1.82) is 0 Å². The Balaban J connectivity index is 0.926. The van der Waals surface area contributed by atoms with Gasteiger partial charge in [0.15, 0.2) is 0 Å². The van der Waals surface area contributed by atoms with Crippen LogP contribution in [0.15, 0.2) is 267 Å². The van der Waals surface area contributed by atoms with Gasteiger partial charge in [0, 0.05) is 33.5 Å². The molecule has 0 radical (unpaired) electrons. The molecule has 1 heterocycles. The third-order valence-electron chi connectivity index (χ3n) is 14.1. The lowest BCUT2D eigenvalue weighted by atomic mass is 9.67. The van der Waals surface area contributed by atoms with Gasteiger partial charge in [-0.3, -0.25) is 0 Å². The zero-order chi connectivity index (χ0) is 44.3. The van der Waals surface area contributed by atoms with Crippen LogP contribution in [0.3, 0.4) is 0 Å². The summed E-state index contributed by atoms with van der Waals surface area (Å²) in [5.41, 5.74) is 18.7. The molecule has 2 nitrogen and oxygen atoms in total. The number of hydrogen-bond acceptors (Lipinski definition) is 1. The van der Waals surface area contributed by atoms with E-state index in [0.29, 0.717) is 0 Å². The van der Waals surface area contributed by atoms with E-state index in [1.807, 2.05) is 0 Å². The maximum Gasteiger partial charge on any atom is 0.0714 e. The third-order valence-corrected chi connectivity index (χ3v) is 14.1. The van der Waals surface area contributed by atoms with Crippen molar-refractivity contribution in [2.45, 2.75) is 5.41 Å². The number of anilines is 3. The Bertz CT molecular complexity index is 3720. The average molecular weight is 853 g/mol. The van der Waals surface area contributed by atoms with Gasteiger partial charge >= 0.3 is 0 Å². The molecule has 0 unspecified atom stereocenters. The van der Waals surface area contributed by atoms with Gasteiger partial charge in [0.25, 0.3) is 0 Å². The Labute approximate surface area is 390 Å². The van der Waals surface area contributed by atoms with Crippen LogP contribution in [0.5, 0.6) is 0 Å². The van der Waals surface area contributed by atoms with E-state index in [4.69, 9.17) is 0 Å². The Hall–Kier alpha value is -8.72. The molecule has 0 bridgehead atoms. The van der Waals surface area contributed by atoms with E-state index in [2.05, 4.69) is 276 Å². The van der Waals surface area contributed by atoms with Crippen molar-refractivity contribution in [1.82, 2.24) is 4.57 Å². The molecule has 0 fully saturated rings. The largest absolute Gasteiger partial charge is 0.310 e. The minimum atomic E-state index is -0.504. The molecular formula is C65H44N2. The molecule has 0 aliphatic heterocycles. The van der Waals surface area contributed by atoms with E-state index in [1.54, 1.807) is 0 Å². The number of rotatable bonds is 8. The third kappa shape index (κ3) is 6.18. The smallest absolute Gasteiger partial charge is 0.0714 e. The fourth-order valence-electron chi connectivity index (χ4n) is 11.1. The Morgan fingerprint density at radius 1 is 0.313 bits per heavy atom. The van der Waals surface area contributed by atoms with Crippen LogP contribution in [0, 0.1) is 0 Å². The first-order chi connectivity index (χ1) is 33.2. The molecule has 13 rings (SSSR count). The van der Waals surface area contributed by atoms with E-state index in [1.165, 1.54) is 88.2 Å². The molecule has 12 aromatic rings. The van der Waals surface area contributed by atoms with Crippen molar-refractivity contribution in [3.05, 3.63) is 289 Å². The fraction of sp³-hybridized carbons (Fsp3) is 0.0154. The van der Waals surface area contributed by atoms with Crippen LogP contribution >= 0.6 is 0 Å². The van der Waals surface area contributed by atoms with Crippen molar-refractivity contribution in [3.8, 4) is 39.1 Å². The summed E-state index contributed by atoms with van der Waals surface area (Å²) in [6.07, 6.45) is 0. The molecule has 314 valence electrons. The highest BCUT2D eigenvalue weighted by atomic mass is 15.1. The van der Waals surface area contributed by atoms with Crippen molar-refractivity contribution in [3.63, 3.8) is 0 Å². The first-order valence-electron chi connectivity index (χ1n) is 23.2. The van der Waals surface area contributed by atoms with E-state index in [-0.39, 0.29) is 0 Å². The lowest BCUT2D eigenvalue weighted by Crippen LogP contribution is -2.28. The van der Waals surface area contributed by atoms with Gasteiger partial charge in [0.05, 0.1) is 16.4 Å². The van der Waals surface area contributed by atoms with Crippen LogP contribution in [0.25, 0.3) is 71.6 Å². The molecule has 0 amide bonds. The minimum absolute atomic E-state index is 0.504. The number of benzene rings is 11. The van der Waals surface area contributed by atoms with Gasteiger partial charge in [-0.15, -0.1) is 0 Å². The molecule has 1 aliphatic carbocycles. The average Bonchev–Trinajstić information content (AvgIpc) is 3.91. The van der Waals surface area contributed by atoms with Crippen LogP contribution in [-0.4, -0.2) is 4.57 Å². The summed E-state index contributed by atoms with van der Waals surface area (Å²) < 4.78 is 2.41.